The molecule has 1 aromatic heterocycles. The van der Waals surface area contributed by atoms with Crippen molar-refractivity contribution in [1.82, 2.24) is 4.98 Å². The third-order valence-corrected chi connectivity index (χ3v) is 1.57. The Morgan fingerprint density at radius 1 is 1.54 bits per heavy atom. The lowest BCUT2D eigenvalue weighted by atomic mass is 10.3. The van der Waals surface area contributed by atoms with Gasteiger partial charge in [0.2, 0.25) is 0 Å². The molecule has 0 saturated carbocycles. The first kappa shape index (κ1) is 9.31. The minimum absolute atomic E-state index is 0.105. The van der Waals surface area contributed by atoms with Crippen LogP contribution in [0.25, 0.3) is 0 Å². The zero-order chi connectivity index (χ0) is 10.0. The minimum Gasteiger partial charge on any atom is -0.476 e. The fraction of sp³-hybridized carbons (Fsp3) is 0.250. The molecule has 5 heteroatoms. The van der Waals surface area contributed by atoms with Crippen molar-refractivity contribution in [2.75, 3.05) is 24.7 Å². The molecule has 70 valence electrons. The Morgan fingerprint density at radius 3 is 2.62 bits per heavy atom. The Labute approximate surface area is 75.8 Å². The van der Waals surface area contributed by atoms with Crippen molar-refractivity contribution in [3.8, 4) is 0 Å². The molecule has 0 aliphatic rings. The number of hydrogen-bond donors (Lipinski definition) is 2. The SMILES string of the molecule is CN(C)c1ccc(N)c(C(=O)O)n1. The number of anilines is 2. The van der Waals surface area contributed by atoms with E-state index in [0.29, 0.717) is 5.82 Å². The normalized spacial score (nSPS) is 9.69. The summed E-state index contributed by atoms with van der Waals surface area (Å²) in [6, 6.07) is 3.20. The topological polar surface area (TPSA) is 79.5 Å². The largest absolute Gasteiger partial charge is 0.476 e. The van der Waals surface area contributed by atoms with Gasteiger partial charge in [-0.25, -0.2) is 9.78 Å². The van der Waals surface area contributed by atoms with E-state index in [9.17, 15) is 4.79 Å². The van der Waals surface area contributed by atoms with Gasteiger partial charge in [-0.15, -0.1) is 0 Å². The number of nitrogen functional groups attached to an aromatic ring is 1. The predicted molar refractivity (Wildman–Crippen MR) is 49.9 cm³/mol. The van der Waals surface area contributed by atoms with Crippen LogP contribution in [-0.2, 0) is 0 Å². The van der Waals surface area contributed by atoms with Gasteiger partial charge in [-0.3, -0.25) is 0 Å². The van der Waals surface area contributed by atoms with Crippen molar-refractivity contribution >= 4 is 17.5 Å². The molecule has 0 amide bonds. The highest BCUT2D eigenvalue weighted by molar-refractivity contribution is 5.91. The number of hydrogen-bond acceptors (Lipinski definition) is 4. The number of aromatic carboxylic acids is 1. The summed E-state index contributed by atoms with van der Waals surface area (Å²) in [7, 11) is 3.56. The van der Waals surface area contributed by atoms with Gasteiger partial charge >= 0.3 is 5.97 Å². The monoisotopic (exact) mass is 181 g/mol. The van der Waals surface area contributed by atoms with Gasteiger partial charge in [0.05, 0.1) is 5.69 Å². The van der Waals surface area contributed by atoms with Crippen LogP contribution < -0.4 is 10.6 Å². The van der Waals surface area contributed by atoms with Gasteiger partial charge in [0.25, 0.3) is 0 Å². The Bertz CT molecular complexity index is 336. The van der Waals surface area contributed by atoms with Crippen molar-refractivity contribution in [3.63, 3.8) is 0 Å². The number of nitrogens with two attached hydrogens (primary N) is 1. The van der Waals surface area contributed by atoms with E-state index in [1.54, 1.807) is 25.1 Å². The predicted octanol–water partition coefficient (Wildman–Crippen LogP) is 0.428. The highest BCUT2D eigenvalue weighted by atomic mass is 16.4. The molecule has 0 aliphatic heterocycles. The molecule has 1 aromatic rings. The third-order valence-electron chi connectivity index (χ3n) is 1.57. The molecular weight excluding hydrogens is 170 g/mol. The van der Waals surface area contributed by atoms with Crippen LogP contribution in [0, 0.1) is 0 Å². The number of nitrogens with zero attached hydrogens (tertiary/aromatic N) is 2. The lowest BCUT2D eigenvalue weighted by molar-refractivity contribution is 0.0692. The van der Waals surface area contributed by atoms with Crippen LogP contribution in [0.2, 0.25) is 0 Å². The molecule has 1 rings (SSSR count). The van der Waals surface area contributed by atoms with Crippen LogP contribution in [-0.4, -0.2) is 30.2 Å². The molecule has 0 fully saturated rings. The van der Waals surface area contributed by atoms with Gasteiger partial charge in [0.15, 0.2) is 5.69 Å². The van der Waals surface area contributed by atoms with Gasteiger partial charge in [0, 0.05) is 14.1 Å². The number of pyridine rings is 1. The van der Waals surface area contributed by atoms with Crippen LogP contribution in [0.15, 0.2) is 12.1 Å². The Kier molecular flexibility index (Phi) is 2.36. The van der Waals surface area contributed by atoms with Crippen molar-refractivity contribution in [2.24, 2.45) is 0 Å². The second-order valence-electron chi connectivity index (χ2n) is 2.81. The maximum absolute atomic E-state index is 10.6. The van der Waals surface area contributed by atoms with Crippen molar-refractivity contribution in [1.29, 1.82) is 0 Å². The quantitative estimate of drug-likeness (QED) is 0.691. The molecule has 0 aliphatic carbocycles. The molecule has 0 atom stereocenters. The summed E-state index contributed by atoms with van der Waals surface area (Å²) < 4.78 is 0. The Morgan fingerprint density at radius 2 is 2.15 bits per heavy atom. The molecule has 5 nitrogen and oxygen atoms in total. The number of aromatic nitrogens is 1. The molecule has 0 spiro atoms. The summed E-state index contributed by atoms with van der Waals surface area (Å²) in [4.78, 5) is 16.2. The maximum atomic E-state index is 10.6. The summed E-state index contributed by atoms with van der Waals surface area (Å²) >= 11 is 0. The Hall–Kier alpha value is -1.78. The van der Waals surface area contributed by atoms with E-state index in [1.807, 2.05) is 0 Å². The van der Waals surface area contributed by atoms with Gasteiger partial charge in [-0.1, -0.05) is 0 Å². The molecule has 1 heterocycles. The van der Waals surface area contributed by atoms with Crippen LogP contribution in [0.4, 0.5) is 11.5 Å². The summed E-state index contributed by atoms with van der Waals surface area (Å²) in [5.74, 6) is -0.534. The third kappa shape index (κ3) is 1.87. The summed E-state index contributed by atoms with van der Waals surface area (Å²) in [5, 5.41) is 8.71. The molecule has 0 aromatic carbocycles. The summed E-state index contributed by atoms with van der Waals surface area (Å²) in [6.45, 7) is 0. The average molecular weight is 181 g/mol. The number of carboxylic acid groups (broad SMARTS) is 1. The number of carbonyl (C=O) groups is 1. The van der Waals surface area contributed by atoms with E-state index in [2.05, 4.69) is 4.98 Å². The fourth-order valence-corrected chi connectivity index (χ4v) is 0.880. The van der Waals surface area contributed by atoms with E-state index in [4.69, 9.17) is 10.8 Å². The molecule has 0 radical (unpaired) electrons. The highest BCUT2D eigenvalue weighted by Crippen LogP contribution is 2.14. The fourth-order valence-electron chi connectivity index (χ4n) is 0.880. The van der Waals surface area contributed by atoms with E-state index in [1.165, 1.54) is 6.07 Å². The van der Waals surface area contributed by atoms with Gasteiger partial charge in [0.1, 0.15) is 5.82 Å². The van der Waals surface area contributed by atoms with Crippen LogP contribution in [0.1, 0.15) is 10.5 Å². The van der Waals surface area contributed by atoms with Gasteiger partial charge in [-0.05, 0) is 12.1 Å². The first-order chi connectivity index (χ1) is 6.02. The van der Waals surface area contributed by atoms with Crippen LogP contribution in [0.5, 0.6) is 0 Å². The lowest BCUT2D eigenvalue weighted by Gasteiger charge is -2.11. The van der Waals surface area contributed by atoms with E-state index >= 15 is 0 Å². The standard InChI is InChI=1S/C8H11N3O2/c1-11(2)6-4-3-5(9)7(10-6)8(12)13/h3-4H,9H2,1-2H3,(H,12,13). The van der Waals surface area contributed by atoms with Crippen LogP contribution in [0.3, 0.4) is 0 Å². The maximum Gasteiger partial charge on any atom is 0.356 e. The zero-order valence-electron chi connectivity index (χ0n) is 7.48. The smallest absolute Gasteiger partial charge is 0.356 e. The Balaban J connectivity index is 3.19. The zero-order valence-corrected chi connectivity index (χ0v) is 7.48. The molecule has 0 unspecified atom stereocenters. The summed E-state index contributed by atoms with van der Waals surface area (Å²) in [6.07, 6.45) is 0. The molecule has 0 bridgehead atoms. The molecule has 0 saturated heterocycles. The number of rotatable bonds is 2. The summed E-state index contributed by atoms with van der Waals surface area (Å²) in [5.41, 5.74) is 5.50. The molecule has 13 heavy (non-hydrogen) atoms. The first-order valence-electron chi connectivity index (χ1n) is 3.69. The van der Waals surface area contributed by atoms with Crippen LogP contribution >= 0.6 is 0 Å². The number of carboxylic acids is 1. The van der Waals surface area contributed by atoms with E-state index in [-0.39, 0.29) is 11.4 Å². The highest BCUT2D eigenvalue weighted by Gasteiger charge is 2.10. The van der Waals surface area contributed by atoms with Crippen molar-refractivity contribution < 1.29 is 9.90 Å². The molecular formula is C8H11N3O2. The lowest BCUT2D eigenvalue weighted by Crippen LogP contribution is -2.14. The van der Waals surface area contributed by atoms with E-state index < -0.39 is 5.97 Å². The van der Waals surface area contributed by atoms with Crippen molar-refractivity contribution in [2.45, 2.75) is 0 Å². The van der Waals surface area contributed by atoms with Gasteiger partial charge < -0.3 is 15.7 Å². The second-order valence-corrected chi connectivity index (χ2v) is 2.81. The first-order valence-corrected chi connectivity index (χ1v) is 3.69. The minimum atomic E-state index is -1.11. The average Bonchev–Trinajstić information content (AvgIpc) is 2.04. The molecule has 3 N–H and O–H groups in total. The second kappa shape index (κ2) is 3.30. The van der Waals surface area contributed by atoms with Crippen molar-refractivity contribution in [3.05, 3.63) is 17.8 Å². The van der Waals surface area contributed by atoms with E-state index in [0.717, 1.165) is 0 Å². The van der Waals surface area contributed by atoms with Gasteiger partial charge in [-0.2, -0.15) is 0 Å².